The maximum Gasteiger partial charge on any atom is 0.136 e. The van der Waals surface area contributed by atoms with Crippen molar-refractivity contribution in [3.8, 4) is 0 Å². The molecular weight excluding hydrogens is 246 g/mol. The highest BCUT2D eigenvalue weighted by molar-refractivity contribution is 5.92. The quantitative estimate of drug-likeness (QED) is 0.902. The number of aromatic nitrogens is 1. The van der Waals surface area contributed by atoms with Crippen LogP contribution < -0.4 is 10.2 Å². The minimum absolute atomic E-state index is 0.667. The Labute approximate surface area is 121 Å². The lowest BCUT2D eigenvalue weighted by atomic mass is 9.91. The van der Waals surface area contributed by atoms with Gasteiger partial charge in [0.25, 0.3) is 0 Å². The Morgan fingerprint density at radius 2 is 2.10 bits per heavy atom. The van der Waals surface area contributed by atoms with Crippen LogP contribution in [0.1, 0.15) is 31.9 Å². The lowest BCUT2D eigenvalue weighted by Crippen LogP contribution is -2.37. The van der Waals surface area contributed by atoms with Gasteiger partial charge < -0.3 is 10.2 Å². The molecule has 106 valence electrons. The second-order valence-corrected chi connectivity index (χ2v) is 5.63. The summed E-state index contributed by atoms with van der Waals surface area (Å²) in [5, 5.41) is 5.93. The normalized spacial score (nSPS) is 15.3. The van der Waals surface area contributed by atoms with Gasteiger partial charge in [-0.15, -0.1) is 0 Å². The van der Waals surface area contributed by atoms with E-state index in [1.54, 1.807) is 0 Å². The molecule has 3 nitrogen and oxygen atoms in total. The molecule has 1 heterocycles. The first-order chi connectivity index (χ1) is 9.79. The molecule has 0 atom stereocenters. The van der Waals surface area contributed by atoms with Crippen LogP contribution in [0.2, 0.25) is 0 Å². The van der Waals surface area contributed by atoms with E-state index in [9.17, 15) is 0 Å². The van der Waals surface area contributed by atoms with Crippen molar-refractivity contribution in [1.82, 2.24) is 10.3 Å². The standard InChI is InChI=1S/C17H23N3/c1-3-18-12-14-11-13-7-4-5-10-16(13)17(19-14)20(2)15-8-6-9-15/h4-5,7,10-11,15,18H,3,6,8-9,12H2,1-2H3. The zero-order valence-corrected chi connectivity index (χ0v) is 12.4. The van der Waals surface area contributed by atoms with Gasteiger partial charge in [0.2, 0.25) is 0 Å². The van der Waals surface area contributed by atoms with Crippen molar-refractivity contribution in [3.63, 3.8) is 0 Å². The molecule has 0 aliphatic heterocycles. The third-order valence-electron chi connectivity index (χ3n) is 4.29. The number of benzene rings is 1. The topological polar surface area (TPSA) is 28.2 Å². The van der Waals surface area contributed by atoms with Crippen LogP contribution in [0.4, 0.5) is 5.82 Å². The van der Waals surface area contributed by atoms with Gasteiger partial charge in [0.05, 0.1) is 5.69 Å². The highest BCUT2D eigenvalue weighted by Gasteiger charge is 2.24. The van der Waals surface area contributed by atoms with Crippen molar-refractivity contribution in [2.24, 2.45) is 0 Å². The van der Waals surface area contributed by atoms with E-state index < -0.39 is 0 Å². The van der Waals surface area contributed by atoms with Crippen LogP contribution in [-0.4, -0.2) is 24.6 Å². The summed E-state index contributed by atoms with van der Waals surface area (Å²) in [5.41, 5.74) is 1.13. The van der Waals surface area contributed by atoms with E-state index in [1.807, 2.05) is 0 Å². The molecule has 0 unspecified atom stereocenters. The summed E-state index contributed by atoms with van der Waals surface area (Å²) in [7, 11) is 2.19. The summed E-state index contributed by atoms with van der Waals surface area (Å²) in [4.78, 5) is 7.28. The molecule has 1 N–H and O–H groups in total. The molecular formula is C17H23N3. The first-order valence-electron chi connectivity index (χ1n) is 7.62. The van der Waals surface area contributed by atoms with E-state index in [0.717, 1.165) is 24.6 Å². The molecule has 0 saturated heterocycles. The SMILES string of the molecule is CCNCc1cc2ccccc2c(N(C)C2CCC2)n1. The molecule has 3 heteroatoms. The van der Waals surface area contributed by atoms with E-state index in [1.165, 1.54) is 30.0 Å². The van der Waals surface area contributed by atoms with Gasteiger partial charge in [-0.25, -0.2) is 4.98 Å². The number of rotatable bonds is 5. The van der Waals surface area contributed by atoms with Crippen molar-refractivity contribution in [1.29, 1.82) is 0 Å². The summed E-state index contributed by atoms with van der Waals surface area (Å²) in [5.74, 6) is 1.14. The minimum Gasteiger partial charge on any atom is -0.356 e. The lowest BCUT2D eigenvalue weighted by Gasteiger charge is -2.36. The zero-order valence-electron chi connectivity index (χ0n) is 12.4. The van der Waals surface area contributed by atoms with E-state index >= 15 is 0 Å². The summed E-state index contributed by atoms with van der Waals surface area (Å²) >= 11 is 0. The van der Waals surface area contributed by atoms with Crippen molar-refractivity contribution in [2.75, 3.05) is 18.5 Å². The second-order valence-electron chi connectivity index (χ2n) is 5.63. The van der Waals surface area contributed by atoms with Gasteiger partial charge in [0.1, 0.15) is 5.82 Å². The van der Waals surface area contributed by atoms with Crippen LogP contribution in [-0.2, 0) is 6.54 Å². The molecule has 1 aromatic heterocycles. The van der Waals surface area contributed by atoms with Crippen LogP contribution in [0.3, 0.4) is 0 Å². The maximum atomic E-state index is 4.90. The number of hydrogen-bond acceptors (Lipinski definition) is 3. The first kappa shape index (κ1) is 13.4. The van der Waals surface area contributed by atoms with Gasteiger partial charge in [0, 0.05) is 25.0 Å². The van der Waals surface area contributed by atoms with Gasteiger partial charge in [0.15, 0.2) is 0 Å². The number of nitrogens with zero attached hydrogens (tertiary/aromatic N) is 2. The molecule has 1 aliphatic rings. The van der Waals surface area contributed by atoms with Crippen LogP contribution in [0.15, 0.2) is 30.3 Å². The molecule has 0 bridgehead atoms. The smallest absolute Gasteiger partial charge is 0.136 e. The van der Waals surface area contributed by atoms with E-state index in [2.05, 4.69) is 54.5 Å². The predicted molar refractivity (Wildman–Crippen MR) is 85.2 cm³/mol. The fourth-order valence-electron chi connectivity index (χ4n) is 2.79. The fourth-order valence-corrected chi connectivity index (χ4v) is 2.79. The second kappa shape index (κ2) is 5.80. The minimum atomic E-state index is 0.667. The van der Waals surface area contributed by atoms with E-state index in [4.69, 9.17) is 4.98 Å². The van der Waals surface area contributed by atoms with E-state index in [0.29, 0.717) is 6.04 Å². The van der Waals surface area contributed by atoms with Crippen LogP contribution >= 0.6 is 0 Å². The van der Waals surface area contributed by atoms with Crippen molar-refractivity contribution >= 4 is 16.6 Å². The third kappa shape index (κ3) is 2.50. The number of fused-ring (bicyclic) bond motifs is 1. The highest BCUT2D eigenvalue weighted by Crippen LogP contribution is 2.32. The molecule has 1 fully saturated rings. The lowest BCUT2D eigenvalue weighted by molar-refractivity contribution is 0.399. The summed E-state index contributed by atoms with van der Waals surface area (Å²) in [6, 6.07) is 11.4. The Bertz CT molecular complexity index is 590. The van der Waals surface area contributed by atoms with Gasteiger partial charge in [-0.2, -0.15) is 0 Å². The van der Waals surface area contributed by atoms with Crippen molar-refractivity contribution < 1.29 is 0 Å². The van der Waals surface area contributed by atoms with E-state index in [-0.39, 0.29) is 0 Å². The Kier molecular flexibility index (Phi) is 3.88. The zero-order chi connectivity index (χ0) is 13.9. The van der Waals surface area contributed by atoms with Crippen molar-refractivity contribution in [3.05, 3.63) is 36.0 Å². The fraction of sp³-hybridized carbons (Fsp3) is 0.471. The molecule has 0 radical (unpaired) electrons. The maximum absolute atomic E-state index is 4.90. The molecule has 1 aliphatic carbocycles. The third-order valence-corrected chi connectivity index (χ3v) is 4.29. The number of pyridine rings is 1. The molecule has 20 heavy (non-hydrogen) atoms. The average molecular weight is 269 g/mol. The number of nitrogens with one attached hydrogen (secondary N) is 1. The van der Waals surface area contributed by atoms with Crippen molar-refractivity contribution in [2.45, 2.75) is 38.8 Å². The number of anilines is 1. The summed E-state index contributed by atoms with van der Waals surface area (Å²) in [6.45, 7) is 3.94. The molecule has 1 aromatic carbocycles. The number of hydrogen-bond donors (Lipinski definition) is 1. The first-order valence-corrected chi connectivity index (χ1v) is 7.62. The van der Waals surface area contributed by atoms with Gasteiger partial charge in [-0.1, -0.05) is 31.2 Å². The van der Waals surface area contributed by atoms with Gasteiger partial charge in [-0.3, -0.25) is 0 Å². The predicted octanol–water partition coefficient (Wildman–Crippen LogP) is 3.33. The Hall–Kier alpha value is -1.61. The van der Waals surface area contributed by atoms with Crippen LogP contribution in [0.5, 0.6) is 0 Å². The summed E-state index contributed by atoms with van der Waals surface area (Å²) in [6.07, 6.45) is 3.94. The van der Waals surface area contributed by atoms with Gasteiger partial charge >= 0.3 is 0 Å². The van der Waals surface area contributed by atoms with Gasteiger partial charge in [-0.05, 0) is 37.3 Å². The Morgan fingerprint density at radius 1 is 1.30 bits per heavy atom. The molecule has 0 amide bonds. The molecule has 0 spiro atoms. The van der Waals surface area contributed by atoms with Crippen LogP contribution in [0.25, 0.3) is 10.8 Å². The largest absolute Gasteiger partial charge is 0.356 e. The monoisotopic (exact) mass is 269 g/mol. The molecule has 2 aromatic rings. The summed E-state index contributed by atoms with van der Waals surface area (Å²) < 4.78 is 0. The molecule has 3 rings (SSSR count). The van der Waals surface area contributed by atoms with Crippen LogP contribution in [0, 0.1) is 0 Å². The Morgan fingerprint density at radius 3 is 2.80 bits per heavy atom. The highest BCUT2D eigenvalue weighted by atomic mass is 15.2. The average Bonchev–Trinajstić information content (AvgIpc) is 2.42. The molecule has 1 saturated carbocycles. The Balaban J connectivity index is 2.02.